The summed E-state index contributed by atoms with van der Waals surface area (Å²) in [4.78, 5) is 22.2. The van der Waals surface area contributed by atoms with Gasteiger partial charge in [-0.3, -0.25) is 9.59 Å². The summed E-state index contributed by atoms with van der Waals surface area (Å²) in [6.45, 7) is 6.91. The molecular formula is C10H8O2. The monoisotopic (exact) mass is 160 g/mol. The highest BCUT2D eigenvalue weighted by Gasteiger charge is 2.17. The van der Waals surface area contributed by atoms with Crippen molar-refractivity contribution in [1.82, 2.24) is 0 Å². The molecule has 0 heterocycles. The normalized spacial score (nSPS) is 16.7. The molecule has 1 rings (SSSR count). The number of ketones is 2. The van der Waals surface area contributed by atoms with Crippen LogP contribution in [0.1, 0.15) is 0 Å². The first-order chi connectivity index (χ1) is 5.70. The molecule has 1 aliphatic carbocycles. The lowest BCUT2D eigenvalue weighted by molar-refractivity contribution is -0.114. The summed E-state index contributed by atoms with van der Waals surface area (Å²) < 4.78 is 0. The first kappa shape index (κ1) is 8.40. The second-order valence-electron chi connectivity index (χ2n) is 2.30. The molecule has 12 heavy (non-hydrogen) atoms. The van der Waals surface area contributed by atoms with Crippen LogP contribution in [0.2, 0.25) is 0 Å². The van der Waals surface area contributed by atoms with E-state index in [1.165, 1.54) is 24.3 Å². The molecule has 0 N–H and O–H groups in total. The van der Waals surface area contributed by atoms with Crippen LogP contribution in [-0.4, -0.2) is 11.6 Å². The molecule has 0 saturated carbocycles. The van der Waals surface area contributed by atoms with Gasteiger partial charge in [0.1, 0.15) is 0 Å². The molecule has 1 aliphatic rings. The summed E-state index contributed by atoms with van der Waals surface area (Å²) >= 11 is 0. The summed E-state index contributed by atoms with van der Waals surface area (Å²) in [5, 5.41) is 0. The highest BCUT2D eigenvalue weighted by atomic mass is 16.1. The lowest BCUT2D eigenvalue weighted by Gasteiger charge is -2.06. The molecule has 0 unspecified atom stereocenters. The Kier molecular flexibility index (Phi) is 2.19. The third-order valence-electron chi connectivity index (χ3n) is 1.62. The van der Waals surface area contributed by atoms with Crippen LogP contribution in [0.5, 0.6) is 0 Å². The van der Waals surface area contributed by atoms with E-state index in [0.717, 1.165) is 0 Å². The van der Waals surface area contributed by atoms with Gasteiger partial charge >= 0.3 is 0 Å². The van der Waals surface area contributed by atoms with Crippen molar-refractivity contribution in [3.63, 3.8) is 0 Å². The van der Waals surface area contributed by atoms with Gasteiger partial charge in [0.2, 0.25) is 0 Å². The van der Waals surface area contributed by atoms with Crippen LogP contribution >= 0.6 is 0 Å². The van der Waals surface area contributed by atoms with E-state index in [-0.39, 0.29) is 11.6 Å². The smallest absolute Gasteiger partial charge is 0.186 e. The van der Waals surface area contributed by atoms with Gasteiger partial charge in [0, 0.05) is 11.1 Å². The third-order valence-corrected chi connectivity index (χ3v) is 1.62. The molecule has 0 spiro atoms. The maximum absolute atomic E-state index is 11.1. The second-order valence-corrected chi connectivity index (χ2v) is 2.30. The van der Waals surface area contributed by atoms with Crippen LogP contribution in [0.25, 0.3) is 0 Å². The average molecular weight is 160 g/mol. The molecule has 0 amide bonds. The van der Waals surface area contributed by atoms with E-state index in [1.54, 1.807) is 0 Å². The predicted octanol–water partition coefficient (Wildman–Crippen LogP) is 1.36. The van der Waals surface area contributed by atoms with E-state index < -0.39 is 0 Å². The van der Waals surface area contributed by atoms with Crippen molar-refractivity contribution < 1.29 is 9.59 Å². The highest BCUT2D eigenvalue weighted by molar-refractivity contribution is 6.22. The zero-order chi connectivity index (χ0) is 9.14. The maximum atomic E-state index is 11.1. The van der Waals surface area contributed by atoms with Crippen molar-refractivity contribution in [2.45, 2.75) is 0 Å². The fraction of sp³-hybridized carbons (Fsp3) is 0. The van der Waals surface area contributed by atoms with Crippen molar-refractivity contribution in [3.05, 3.63) is 48.6 Å². The van der Waals surface area contributed by atoms with E-state index in [0.29, 0.717) is 11.1 Å². The zero-order valence-electron chi connectivity index (χ0n) is 6.54. The third kappa shape index (κ3) is 1.19. The van der Waals surface area contributed by atoms with Gasteiger partial charge in [-0.15, -0.1) is 0 Å². The molecule has 0 aromatic rings. The van der Waals surface area contributed by atoms with Gasteiger partial charge in [-0.1, -0.05) is 25.3 Å². The Morgan fingerprint density at radius 1 is 0.917 bits per heavy atom. The molecule has 0 aromatic heterocycles. The summed E-state index contributed by atoms with van der Waals surface area (Å²) in [5.41, 5.74) is 0.662. The summed E-state index contributed by atoms with van der Waals surface area (Å²) in [6, 6.07) is 0. The lowest BCUT2D eigenvalue weighted by Crippen LogP contribution is -2.11. The van der Waals surface area contributed by atoms with Crippen molar-refractivity contribution in [3.8, 4) is 0 Å². The van der Waals surface area contributed by atoms with Crippen LogP contribution in [0.15, 0.2) is 48.6 Å². The Labute approximate surface area is 70.6 Å². The Morgan fingerprint density at radius 2 is 1.25 bits per heavy atom. The highest BCUT2D eigenvalue weighted by Crippen LogP contribution is 2.15. The molecule has 0 saturated heterocycles. The summed E-state index contributed by atoms with van der Waals surface area (Å²) in [7, 11) is 0. The fourth-order valence-electron chi connectivity index (χ4n) is 1.02. The van der Waals surface area contributed by atoms with Gasteiger partial charge in [0.25, 0.3) is 0 Å². The quantitative estimate of drug-likeness (QED) is 0.571. The maximum Gasteiger partial charge on any atom is 0.186 e. The largest absolute Gasteiger partial charge is 0.289 e. The van der Waals surface area contributed by atoms with Crippen molar-refractivity contribution in [1.29, 1.82) is 0 Å². The number of carbonyl (C=O) groups is 2. The molecule has 0 fully saturated rings. The molecule has 60 valence electrons. The molecule has 0 aromatic carbocycles. The summed E-state index contributed by atoms with van der Waals surface area (Å²) in [6.07, 6.45) is 5.24. The minimum Gasteiger partial charge on any atom is -0.289 e. The van der Waals surface area contributed by atoms with Gasteiger partial charge in [0.15, 0.2) is 11.6 Å². The van der Waals surface area contributed by atoms with Gasteiger partial charge in [0.05, 0.1) is 0 Å². The summed E-state index contributed by atoms with van der Waals surface area (Å²) in [5.74, 6) is -0.390. The topological polar surface area (TPSA) is 34.1 Å². The molecule has 0 atom stereocenters. The van der Waals surface area contributed by atoms with Crippen LogP contribution in [0, 0.1) is 0 Å². The van der Waals surface area contributed by atoms with Gasteiger partial charge in [-0.05, 0) is 12.2 Å². The fourth-order valence-corrected chi connectivity index (χ4v) is 1.02. The van der Waals surface area contributed by atoms with Crippen LogP contribution in [0.4, 0.5) is 0 Å². The molecule has 0 bridgehead atoms. The van der Waals surface area contributed by atoms with E-state index in [9.17, 15) is 9.59 Å². The predicted molar refractivity (Wildman–Crippen MR) is 46.6 cm³/mol. The number of hydrogen-bond donors (Lipinski definition) is 0. The standard InChI is InChI=1S/C10H8O2/c1-3-7-8(4-2)10(12)6-5-9(7)11/h3-6H,1-2H2. The van der Waals surface area contributed by atoms with Gasteiger partial charge in [-0.2, -0.15) is 0 Å². The Bertz CT molecular complexity index is 298. The Balaban J connectivity index is 3.29. The zero-order valence-corrected chi connectivity index (χ0v) is 6.54. The van der Waals surface area contributed by atoms with E-state index in [4.69, 9.17) is 0 Å². The molecule has 0 radical (unpaired) electrons. The van der Waals surface area contributed by atoms with Crippen LogP contribution < -0.4 is 0 Å². The van der Waals surface area contributed by atoms with E-state index in [2.05, 4.69) is 13.2 Å². The van der Waals surface area contributed by atoms with Crippen molar-refractivity contribution in [2.75, 3.05) is 0 Å². The number of carbonyl (C=O) groups excluding carboxylic acids is 2. The molecule has 0 aliphatic heterocycles. The SMILES string of the molecule is C=CC1=C(C=C)C(=O)C=CC1=O. The first-order valence-electron chi connectivity index (χ1n) is 3.46. The Hall–Kier alpha value is -1.70. The van der Waals surface area contributed by atoms with E-state index in [1.807, 2.05) is 0 Å². The lowest BCUT2D eigenvalue weighted by atomic mass is 9.95. The molecule has 2 heteroatoms. The van der Waals surface area contributed by atoms with Gasteiger partial charge in [-0.25, -0.2) is 0 Å². The Morgan fingerprint density at radius 3 is 1.50 bits per heavy atom. The van der Waals surface area contributed by atoms with Crippen LogP contribution in [0.3, 0.4) is 0 Å². The van der Waals surface area contributed by atoms with Crippen molar-refractivity contribution in [2.24, 2.45) is 0 Å². The number of rotatable bonds is 2. The van der Waals surface area contributed by atoms with Gasteiger partial charge < -0.3 is 0 Å². The molecule has 2 nitrogen and oxygen atoms in total. The minimum absolute atomic E-state index is 0.195. The van der Waals surface area contributed by atoms with E-state index >= 15 is 0 Å². The first-order valence-corrected chi connectivity index (χ1v) is 3.46. The second kappa shape index (κ2) is 3.13. The number of hydrogen-bond acceptors (Lipinski definition) is 2. The van der Waals surface area contributed by atoms with Crippen LogP contribution in [-0.2, 0) is 9.59 Å². The minimum atomic E-state index is -0.195. The molecular weight excluding hydrogens is 152 g/mol. The van der Waals surface area contributed by atoms with Crippen molar-refractivity contribution >= 4 is 11.6 Å². The number of allylic oxidation sites excluding steroid dienone is 6. The average Bonchev–Trinajstić information content (AvgIpc) is 2.08.